The van der Waals surface area contributed by atoms with E-state index in [0.29, 0.717) is 5.56 Å². The van der Waals surface area contributed by atoms with Gasteiger partial charge in [-0.2, -0.15) is 4.72 Å². The molecule has 0 saturated carbocycles. The van der Waals surface area contributed by atoms with Gasteiger partial charge in [0.1, 0.15) is 6.23 Å². The van der Waals surface area contributed by atoms with Crippen LogP contribution < -0.4 is 9.62 Å². The molecule has 0 aromatic heterocycles. The van der Waals surface area contributed by atoms with Crippen molar-refractivity contribution in [3.63, 3.8) is 0 Å². The molecule has 2 atom stereocenters. The summed E-state index contributed by atoms with van der Waals surface area (Å²) in [4.78, 5) is 4.57. The van der Waals surface area contributed by atoms with Gasteiger partial charge in [0.2, 0.25) is 11.3 Å². The third kappa shape index (κ3) is 3.99. The summed E-state index contributed by atoms with van der Waals surface area (Å²) in [5, 5.41) is 9.64. The molecule has 0 amide bonds. The van der Waals surface area contributed by atoms with Crippen molar-refractivity contribution in [3.05, 3.63) is 29.8 Å². The molecular weight excluding hydrogens is 266 g/mol. The van der Waals surface area contributed by atoms with E-state index in [1.54, 1.807) is 12.1 Å². The Morgan fingerprint density at radius 3 is 2.32 bits per heavy atom. The number of hydrogen-bond donors (Lipinski definition) is 3. The molecule has 2 unspecified atom stereocenters. The third-order valence-electron chi connectivity index (χ3n) is 3.29. The zero-order valence-corrected chi connectivity index (χ0v) is 11.6. The molecule has 6 nitrogen and oxygen atoms in total. The van der Waals surface area contributed by atoms with Gasteiger partial charge in [0.05, 0.1) is 0 Å². The van der Waals surface area contributed by atoms with Crippen LogP contribution in [-0.2, 0) is 11.3 Å². The van der Waals surface area contributed by atoms with Crippen LogP contribution in [0.1, 0.15) is 11.8 Å². The second kappa shape index (κ2) is 6.44. The van der Waals surface area contributed by atoms with Crippen LogP contribution >= 0.6 is 0 Å². The highest BCUT2D eigenvalue weighted by atomic mass is 32.2. The molecule has 0 aliphatic carbocycles. The number of nitrogens with one attached hydrogen (secondary N) is 1. The molecule has 0 bridgehead atoms. The Labute approximate surface area is 115 Å². The van der Waals surface area contributed by atoms with Gasteiger partial charge in [-0.1, -0.05) is 12.1 Å². The molecule has 106 valence electrons. The van der Waals surface area contributed by atoms with Gasteiger partial charge in [-0.3, -0.25) is 4.55 Å². The molecule has 0 radical (unpaired) electrons. The third-order valence-corrected chi connectivity index (χ3v) is 3.71. The molecule has 2 rings (SSSR count). The smallest absolute Gasteiger partial charge is 0.234 e. The van der Waals surface area contributed by atoms with E-state index >= 15 is 0 Å². The number of anilines is 1. The van der Waals surface area contributed by atoms with Crippen LogP contribution in [-0.4, -0.2) is 52.0 Å². The van der Waals surface area contributed by atoms with E-state index in [2.05, 4.69) is 21.6 Å². The first-order chi connectivity index (χ1) is 9.06. The lowest BCUT2D eigenvalue weighted by atomic mass is 10.1. The fourth-order valence-electron chi connectivity index (χ4n) is 2.10. The Morgan fingerprint density at radius 2 is 1.79 bits per heavy atom. The highest BCUT2D eigenvalue weighted by molar-refractivity contribution is 7.77. The maximum Gasteiger partial charge on any atom is 0.234 e. The van der Waals surface area contributed by atoms with Crippen LogP contribution in [0.3, 0.4) is 0 Å². The monoisotopic (exact) mass is 285 g/mol. The van der Waals surface area contributed by atoms with Gasteiger partial charge in [-0.05, 0) is 24.7 Å². The van der Waals surface area contributed by atoms with Crippen LogP contribution in [0.15, 0.2) is 24.3 Å². The summed E-state index contributed by atoms with van der Waals surface area (Å²) >= 11 is -2.23. The molecule has 19 heavy (non-hydrogen) atoms. The number of likely N-dealkylation sites (N-methyl/N-ethyl adjacent to an activating group) is 1. The number of nitrogens with zero attached hydrogens (tertiary/aromatic N) is 2. The van der Waals surface area contributed by atoms with Crippen LogP contribution in [0.5, 0.6) is 0 Å². The van der Waals surface area contributed by atoms with Crippen molar-refractivity contribution >= 4 is 17.0 Å². The first-order valence-corrected chi connectivity index (χ1v) is 7.25. The highest BCUT2D eigenvalue weighted by Crippen LogP contribution is 2.19. The average Bonchev–Trinajstić information content (AvgIpc) is 2.39. The predicted molar refractivity (Wildman–Crippen MR) is 75.0 cm³/mol. The molecule has 1 aliphatic heterocycles. The van der Waals surface area contributed by atoms with Crippen LogP contribution in [0.4, 0.5) is 5.69 Å². The summed E-state index contributed by atoms with van der Waals surface area (Å²) in [5.74, 6) is 0. The zero-order chi connectivity index (χ0) is 13.8. The van der Waals surface area contributed by atoms with Gasteiger partial charge in [0, 0.05) is 31.9 Å². The minimum atomic E-state index is -2.23. The summed E-state index contributed by atoms with van der Waals surface area (Å²) in [6.07, 6.45) is -1.13. The van der Waals surface area contributed by atoms with Gasteiger partial charge in [-0.25, -0.2) is 4.21 Å². The lowest BCUT2D eigenvalue weighted by Crippen LogP contribution is -2.44. The maximum atomic E-state index is 10.6. The van der Waals surface area contributed by atoms with Crippen molar-refractivity contribution in [3.8, 4) is 0 Å². The Kier molecular flexibility index (Phi) is 4.89. The number of piperazine rings is 1. The summed E-state index contributed by atoms with van der Waals surface area (Å²) < 4.78 is 21.3. The molecule has 1 aromatic rings. The van der Waals surface area contributed by atoms with E-state index in [9.17, 15) is 9.32 Å². The average molecular weight is 285 g/mol. The van der Waals surface area contributed by atoms with Gasteiger partial charge in [0.15, 0.2) is 0 Å². The van der Waals surface area contributed by atoms with Crippen molar-refractivity contribution in [2.45, 2.75) is 6.23 Å². The largest absolute Gasteiger partial charge is 0.373 e. The highest BCUT2D eigenvalue weighted by Gasteiger charge is 2.15. The van der Waals surface area contributed by atoms with E-state index in [1.165, 1.54) is 0 Å². The summed E-state index contributed by atoms with van der Waals surface area (Å²) in [6, 6.07) is 7.37. The summed E-state index contributed by atoms with van der Waals surface area (Å²) in [6.45, 7) is 4.04. The predicted octanol–water partition coefficient (Wildman–Crippen LogP) is 0.156. The lowest BCUT2D eigenvalue weighted by molar-refractivity contribution is 0.165. The van der Waals surface area contributed by atoms with Crippen molar-refractivity contribution < 1.29 is 13.9 Å². The molecule has 1 saturated heterocycles. The van der Waals surface area contributed by atoms with Crippen LogP contribution in [0, 0.1) is 0 Å². The van der Waals surface area contributed by atoms with Crippen LogP contribution in [0.25, 0.3) is 0 Å². The van der Waals surface area contributed by atoms with Crippen molar-refractivity contribution in [1.82, 2.24) is 9.62 Å². The first-order valence-electron chi connectivity index (χ1n) is 6.15. The standard InChI is InChI=1S/C12H19N3O3S/c1-14-6-8-15(9-7-14)11-4-2-10(3-5-11)12(16)13-19(17)18/h2-5,12-13,16H,6-9H2,1H3,(H,17,18). The minimum Gasteiger partial charge on any atom is -0.373 e. The van der Waals surface area contributed by atoms with E-state index in [0.717, 1.165) is 31.9 Å². The van der Waals surface area contributed by atoms with Crippen molar-refractivity contribution in [1.29, 1.82) is 0 Å². The number of hydrogen-bond acceptors (Lipinski definition) is 4. The number of benzene rings is 1. The Hall–Kier alpha value is -0.990. The Bertz CT molecular complexity index is 432. The Morgan fingerprint density at radius 1 is 1.21 bits per heavy atom. The molecule has 0 spiro atoms. The Balaban J connectivity index is 2.00. The van der Waals surface area contributed by atoms with E-state index in [-0.39, 0.29) is 0 Å². The molecule has 1 fully saturated rings. The molecule has 1 heterocycles. The molecule has 3 N–H and O–H groups in total. The fraction of sp³-hybridized carbons (Fsp3) is 0.500. The molecule has 1 aromatic carbocycles. The van der Waals surface area contributed by atoms with E-state index < -0.39 is 17.5 Å². The fourth-order valence-corrected chi connectivity index (χ4v) is 2.42. The topological polar surface area (TPSA) is 76.0 Å². The minimum absolute atomic E-state index is 0.570. The summed E-state index contributed by atoms with van der Waals surface area (Å²) in [5.41, 5.74) is 1.68. The second-order valence-corrected chi connectivity index (χ2v) is 5.39. The van der Waals surface area contributed by atoms with E-state index in [4.69, 9.17) is 4.55 Å². The van der Waals surface area contributed by atoms with Crippen molar-refractivity contribution in [2.75, 3.05) is 38.1 Å². The van der Waals surface area contributed by atoms with Gasteiger partial charge < -0.3 is 14.9 Å². The quantitative estimate of drug-likeness (QED) is 0.542. The van der Waals surface area contributed by atoms with Gasteiger partial charge in [-0.15, -0.1) is 0 Å². The number of aliphatic hydroxyl groups excluding tert-OH is 1. The first kappa shape index (κ1) is 14.4. The lowest BCUT2D eigenvalue weighted by Gasteiger charge is -2.34. The number of rotatable bonds is 4. The van der Waals surface area contributed by atoms with Gasteiger partial charge >= 0.3 is 0 Å². The number of aliphatic hydroxyl groups is 1. The van der Waals surface area contributed by atoms with E-state index in [1.807, 2.05) is 12.1 Å². The normalized spacial score (nSPS) is 20.3. The van der Waals surface area contributed by atoms with Crippen LogP contribution in [0.2, 0.25) is 0 Å². The zero-order valence-electron chi connectivity index (χ0n) is 10.8. The second-order valence-electron chi connectivity index (χ2n) is 4.65. The molecular formula is C12H19N3O3S. The molecule has 1 aliphatic rings. The summed E-state index contributed by atoms with van der Waals surface area (Å²) in [7, 11) is 2.11. The van der Waals surface area contributed by atoms with Gasteiger partial charge in [0.25, 0.3) is 0 Å². The van der Waals surface area contributed by atoms with Crippen molar-refractivity contribution in [2.24, 2.45) is 0 Å². The molecule has 7 heteroatoms. The SMILES string of the molecule is CN1CCN(c2ccc(C(O)NS(=O)O)cc2)CC1. The maximum absolute atomic E-state index is 10.6.